The van der Waals surface area contributed by atoms with E-state index in [-0.39, 0.29) is 25.6 Å². The highest BCUT2D eigenvalue weighted by Gasteiger charge is 2.27. The largest absolute Gasteiger partial charge is 0.472 e. The van der Waals surface area contributed by atoms with Crippen molar-refractivity contribution in [1.82, 2.24) is 0 Å². The van der Waals surface area contributed by atoms with E-state index in [0.29, 0.717) is 17.4 Å². The zero-order valence-electron chi connectivity index (χ0n) is 44.0. The third-order valence-corrected chi connectivity index (χ3v) is 13.9. The average Bonchev–Trinajstić information content (AvgIpc) is 3.26. The minimum atomic E-state index is -4.36. The number of ether oxygens (including phenoxy) is 2. The lowest BCUT2D eigenvalue weighted by Gasteiger charge is -2.24. The molecule has 1 N–H and O–H groups in total. The normalized spacial score (nSPS) is 13.3. The molecule has 0 aliphatic heterocycles. The molecule has 0 fully saturated rings. The van der Waals surface area contributed by atoms with Gasteiger partial charge in [-0.05, 0) is 12.8 Å². The van der Waals surface area contributed by atoms with Crippen molar-refractivity contribution in [2.45, 2.75) is 296 Å². The molecule has 9 nitrogen and oxygen atoms in total. The van der Waals surface area contributed by atoms with Gasteiger partial charge in [0.05, 0.1) is 27.7 Å². The zero-order valence-corrected chi connectivity index (χ0v) is 44.9. The third kappa shape index (κ3) is 52.2. The van der Waals surface area contributed by atoms with Gasteiger partial charge in [-0.15, -0.1) is 0 Å². The second kappa shape index (κ2) is 48.1. The Morgan fingerprint density at radius 3 is 0.985 bits per heavy atom. The number of phosphoric acid groups is 1. The molecular formula is C55H111NO8P+. The van der Waals surface area contributed by atoms with Crippen molar-refractivity contribution in [2.24, 2.45) is 0 Å². The molecule has 0 aromatic carbocycles. The van der Waals surface area contributed by atoms with Gasteiger partial charge in [-0.1, -0.05) is 264 Å². The highest BCUT2D eigenvalue weighted by molar-refractivity contribution is 7.47. The van der Waals surface area contributed by atoms with Crippen molar-refractivity contribution in [3.63, 3.8) is 0 Å². The Bertz CT molecular complexity index is 1070. The molecule has 0 aromatic rings. The van der Waals surface area contributed by atoms with Crippen molar-refractivity contribution in [1.29, 1.82) is 0 Å². The molecule has 10 heteroatoms. The number of quaternary nitrogens is 1. The number of nitrogens with zero attached hydrogens (tertiary/aromatic N) is 1. The summed E-state index contributed by atoms with van der Waals surface area (Å²) in [5.41, 5.74) is 0. The maximum atomic E-state index is 12.7. The van der Waals surface area contributed by atoms with E-state index in [1.807, 2.05) is 21.1 Å². The van der Waals surface area contributed by atoms with Gasteiger partial charge in [0.15, 0.2) is 6.10 Å². The number of carbonyl (C=O) groups excluding carboxylic acids is 2. The monoisotopic (exact) mass is 945 g/mol. The second-order valence-electron chi connectivity index (χ2n) is 20.7. The summed E-state index contributed by atoms with van der Waals surface area (Å²) in [5, 5.41) is 0. The number of hydrogen-bond donors (Lipinski definition) is 1. The first kappa shape index (κ1) is 64.0. The SMILES string of the molecule is CCCCCCCCCCCCCCCCCCCCCCCCCCCCCCCCCCCCC(=O)OC(COC(=O)CCCCCCCCC)COP(=O)(O)OCC[N+](C)(C)C. The van der Waals surface area contributed by atoms with Gasteiger partial charge in [-0.25, -0.2) is 4.57 Å². The van der Waals surface area contributed by atoms with Crippen LogP contribution in [0.4, 0.5) is 0 Å². The van der Waals surface area contributed by atoms with E-state index in [1.165, 1.54) is 225 Å². The Balaban J connectivity index is 3.80. The van der Waals surface area contributed by atoms with Gasteiger partial charge in [-0.3, -0.25) is 18.6 Å². The Morgan fingerprint density at radius 2 is 0.692 bits per heavy atom. The van der Waals surface area contributed by atoms with Crippen LogP contribution in [0.5, 0.6) is 0 Å². The fourth-order valence-electron chi connectivity index (χ4n) is 8.49. The van der Waals surface area contributed by atoms with Crippen molar-refractivity contribution < 1.29 is 42.1 Å². The number of likely N-dealkylation sites (N-methyl/N-ethyl adjacent to an activating group) is 1. The fourth-order valence-corrected chi connectivity index (χ4v) is 9.23. The minimum absolute atomic E-state index is 0.0366. The number of phosphoric ester groups is 1. The van der Waals surface area contributed by atoms with Crippen molar-refractivity contribution >= 4 is 19.8 Å². The number of carbonyl (C=O) groups is 2. The molecule has 2 unspecified atom stereocenters. The van der Waals surface area contributed by atoms with Crippen molar-refractivity contribution in [3.8, 4) is 0 Å². The van der Waals surface area contributed by atoms with E-state index < -0.39 is 26.5 Å². The fraction of sp³-hybridized carbons (Fsp3) is 0.964. The predicted octanol–water partition coefficient (Wildman–Crippen LogP) is 17.1. The maximum absolute atomic E-state index is 12.7. The Hall–Kier alpha value is -0.990. The summed E-state index contributed by atoms with van der Waals surface area (Å²) in [7, 11) is 1.50. The van der Waals surface area contributed by atoms with Crippen molar-refractivity contribution in [2.75, 3.05) is 47.5 Å². The van der Waals surface area contributed by atoms with E-state index in [4.69, 9.17) is 18.5 Å². The van der Waals surface area contributed by atoms with E-state index in [9.17, 15) is 19.0 Å². The van der Waals surface area contributed by atoms with Crippen LogP contribution in [-0.4, -0.2) is 74.9 Å². The van der Waals surface area contributed by atoms with E-state index in [0.717, 1.165) is 38.5 Å². The number of hydrogen-bond acceptors (Lipinski definition) is 7. The smallest absolute Gasteiger partial charge is 0.462 e. The molecule has 0 amide bonds. The van der Waals surface area contributed by atoms with Crippen LogP contribution >= 0.6 is 7.82 Å². The van der Waals surface area contributed by atoms with Crippen LogP contribution in [0.2, 0.25) is 0 Å². The van der Waals surface area contributed by atoms with Crippen LogP contribution in [0.25, 0.3) is 0 Å². The van der Waals surface area contributed by atoms with Crippen LogP contribution in [-0.2, 0) is 32.7 Å². The van der Waals surface area contributed by atoms with E-state index in [2.05, 4.69) is 13.8 Å². The van der Waals surface area contributed by atoms with Gasteiger partial charge in [0.1, 0.15) is 19.8 Å². The molecule has 2 atom stereocenters. The van der Waals surface area contributed by atoms with Gasteiger partial charge in [0.25, 0.3) is 0 Å². The molecule has 0 aliphatic carbocycles. The molecule has 0 saturated carbocycles. The molecular weight excluding hydrogens is 834 g/mol. The highest BCUT2D eigenvalue weighted by atomic mass is 31.2. The molecule has 0 radical (unpaired) electrons. The quantitative estimate of drug-likeness (QED) is 0.0278. The minimum Gasteiger partial charge on any atom is -0.462 e. The first-order valence-electron chi connectivity index (χ1n) is 28.3. The van der Waals surface area contributed by atoms with E-state index in [1.54, 1.807) is 0 Å². The number of esters is 2. The van der Waals surface area contributed by atoms with Crippen LogP contribution in [0.1, 0.15) is 290 Å². The summed E-state index contributed by atoms with van der Waals surface area (Å²) < 4.78 is 34.3. The van der Waals surface area contributed by atoms with Gasteiger partial charge in [-0.2, -0.15) is 0 Å². The topological polar surface area (TPSA) is 108 Å². The first-order chi connectivity index (χ1) is 31.5. The molecule has 0 heterocycles. The average molecular weight is 945 g/mol. The standard InChI is InChI=1S/C55H110NO8P/c1-6-8-10-12-14-15-16-17-18-19-20-21-22-23-24-25-26-27-28-29-30-31-32-33-34-35-36-37-38-39-40-42-44-46-48-55(58)64-53(52-63-65(59,60)62-50-49-56(3,4)5)51-61-54(57)47-45-43-41-13-11-9-7-2/h53H,6-52H2,1-5H3/p+1. The maximum Gasteiger partial charge on any atom is 0.472 e. The summed E-state index contributed by atoms with van der Waals surface area (Å²) >= 11 is 0. The third-order valence-electron chi connectivity index (χ3n) is 12.9. The van der Waals surface area contributed by atoms with Gasteiger partial charge in [0, 0.05) is 12.8 Å². The summed E-state index contributed by atoms with van der Waals surface area (Å²) in [6, 6.07) is 0. The van der Waals surface area contributed by atoms with Gasteiger partial charge in [0.2, 0.25) is 0 Å². The molecule has 0 aromatic heterocycles. The summed E-state index contributed by atoms with van der Waals surface area (Å²) in [4.78, 5) is 35.3. The molecule has 0 spiro atoms. The van der Waals surface area contributed by atoms with Crippen LogP contribution in [0, 0.1) is 0 Å². The Kier molecular flexibility index (Phi) is 47.3. The van der Waals surface area contributed by atoms with Gasteiger partial charge < -0.3 is 18.9 Å². The predicted molar refractivity (Wildman–Crippen MR) is 275 cm³/mol. The summed E-state index contributed by atoms with van der Waals surface area (Å²) in [6.45, 7) is 4.43. The zero-order chi connectivity index (χ0) is 47.8. The second-order valence-corrected chi connectivity index (χ2v) is 22.1. The van der Waals surface area contributed by atoms with Crippen LogP contribution < -0.4 is 0 Å². The van der Waals surface area contributed by atoms with Crippen molar-refractivity contribution in [3.05, 3.63) is 0 Å². The Morgan fingerprint density at radius 1 is 0.415 bits per heavy atom. The summed E-state index contributed by atoms with van der Waals surface area (Å²) in [5.74, 6) is -0.788. The number of rotatable bonds is 53. The Labute approximate surface area is 404 Å². The lowest BCUT2D eigenvalue weighted by Crippen LogP contribution is -2.37. The molecule has 0 aliphatic rings. The molecule has 65 heavy (non-hydrogen) atoms. The lowest BCUT2D eigenvalue weighted by atomic mass is 10.0. The molecule has 0 bridgehead atoms. The molecule has 388 valence electrons. The number of unbranched alkanes of at least 4 members (excludes halogenated alkanes) is 39. The lowest BCUT2D eigenvalue weighted by molar-refractivity contribution is -0.870. The van der Waals surface area contributed by atoms with Gasteiger partial charge >= 0.3 is 19.8 Å². The van der Waals surface area contributed by atoms with Crippen LogP contribution in [0.15, 0.2) is 0 Å². The summed E-state index contributed by atoms with van der Waals surface area (Å²) in [6.07, 6.45) is 53.7. The van der Waals surface area contributed by atoms with E-state index >= 15 is 0 Å². The molecule has 0 rings (SSSR count). The highest BCUT2D eigenvalue weighted by Crippen LogP contribution is 2.43. The van der Waals surface area contributed by atoms with Crippen LogP contribution in [0.3, 0.4) is 0 Å². The molecule has 0 saturated heterocycles. The first-order valence-corrected chi connectivity index (χ1v) is 29.8.